The van der Waals surface area contributed by atoms with Crippen LogP contribution in [0.15, 0.2) is 18.2 Å². The number of rotatable bonds is 8. The SMILES string of the molecule is CCCNCc1cccc(COCC(F)(F)C(F)(F)F)n1. The zero-order chi connectivity index (χ0) is 15.9. The first-order valence-corrected chi connectivity index (χ1v) is 6.44. The minimum Gasteiger partial charge on any atom is -0.369 e. The van der Waals surface area contributed by atoms with E-state index in [1.54, 1.807) is 12.1 Å². The summed E-state index contributed by atoms with van der Waals surface area (Å²) < 4.78 is 65.5. The Morgan fingerprint density at radius 1 is 1.14 bits per heavy atom. The number of aromatic nitrogens is 1. The molecule has 1 rings (SSSR count). The molecule has 0 unspecified atom stereocenters. The van der Waals surface area contributed by atoms with Crippen molar-refractivity contribution in [2.75, 3.05) is 13.2 Å². The first-order valence-electron chi connectivity index (χ1n) is 6.44. The Morgan fingerprint density at radius 2 is 1.81 bits per heavy atom. The standard InChI is InChI=1S/C13H17F5N2O/c1-2-6-19-7-10-4-3-5-11(20-10)8-21-9-12(14,15)13(16,17)18/h3-5,19H,2,6-9H2,1H3. The van der Waals surface area contributed by atoms with Gasteiger partial charge in [0.15, 0.2) is 0 Å². The molecule has 0 fully saturated rings. The van der Waals surface area contributed by atoms with Gasteiger partial charge in [0.05, 0.1) is 18.0 Å². The van der Waals surface area contributed by atoms with Gasteiger partial charge in [-0.15, -0.1) is 0 Å². The predicted molar refractivity (Wildman–Crippen MR) is 66.9 cm³/mol. The van der Waals surface area contributed by atoms with Gasteiger partial charge in [-0.25, -0.2) is 0 Å². The van der Waals surface area contributed by atoms with Crippen molar-refractivity contribution in [1.29, 1.82) is 0 Å². The Hall–Kier alpha value is -1.28. The molecule has 0 saturated heterocycles. The second kappa shape index (κ2) is 7.65. The first-order chi connectivity index (χ1) is 9.76. The van der Waals surface area contributed by atoms with Crippen LogP contribution in [0.4, 0.5) is 22.0 Å². The highest BCUT2D eigenvalue weighted by Crippen LogP contribution is 2.35. The number of nitrogens with one attached hydrogen (secondary N) is 1. The van der Waals surface area contributed by atoms with E-state index in [2.05, 4.69) is 15.0 Å². The number of pyridine rings is 1. The highest BCUT2D eigenvalue weighted by molar-refractivity contribution is 5.10. The fraction of sp³-hybridized carbons (Fsp3) is 0.615. The van der Waals surface area contributed by atoms with E-state index in [9.17, 15) is 22.0 Å². The van der Waals surface area contributed by atoms with Crippen molar-refractivity contribution in [3.63, 3.8) is 0 Å². The molecule has 0 radical (unpaired) electrons. The number of ether oxygens (including phenoxy) is 1. The van der Waals surface area contributed by atoms with Crippen LogP contribution in [0, 0.1) is 0 Å². The lowest BCUT2D eigenvalue weighted by Gasteiger charge is -2.19. The molecule has 1 aromatic heterocycles. The van der Waals surface area contributed by atoms with E-state index >= 15 is 0 Å². The molecule has 21 heavy (non-hydrogen) atoms. The van der Waals surface area contributed by atoms with Crippen LogP contribution in [0.5, 0.6) is 0 Å². The summed E-state index contributed by atoms with van der Waals surface area (Å²) in [6.45, 7) is 1.20. The third-order valence-electron chi connectivity index (χ3n) is 2.55. The van der Waals surface area contributed by atoms with E-state index in [1.807, 2.05) is 6.92 Å². The summed E-state index contributed by atoms with van der Waals surface area (Å²) >= 11 is 0. The van der Waals surface area contributed by atoms with Crippen LogP contribution in [-0.4, -0.2) is 30.2 Å². The predicted octanol–water partition coefficient (Wildman–Crippen LogP) is 3.30. The van der Waals surface area contributed by atoms with Crippen molar-refractivity contribution >= 4 is 0 Å². The van der Waals surface area contributed by atoms with Gasteiger partial charge in [0, 0.05) is 6.54 Å². The molecule has 0 spiro atoms. The topological polar surface area (TPSA) is 34.1 Å². The van der Waals surface area contributed by atoms with E-state index in [0.717, 1.165) is 13.0 Å². The van der Waals surface area contributed by atoms with Gasteiger partial charge in [0.2, 0.25) is 0 Å². The summed E-state index contributed by atoms with van der Waals surface area (Å²) in [5, 5.41) is 3.11. The van der Waals surface area contributed by atoms with Gasteiger partial charge in [-0.3, -0.25) is 4.98 Å². The normalized spacial score (nSPS) is 12.7. The number of nitrogens with zero attached hydrogens (tertiary/aromatic N) is 1. The largest absolute Gasteiger partial charge is 0.455 e. The zero-order valence-electron chi connectivity index (χ0n) is 11.5. The summed E-state index contributed by atoms with van der Waals surface area (Å²) in [6, 6.07) is 4.89. The van der Waals surface area contributed by atoms with Crippen molar-refractivity contribution < 1.29 is 26.7 Å². The van der Waals surface area contributed by atoms with Gasteiger partial charge in [0.1, 0.15) is 6.61 Å². The summed E-state index contributed by atoms with van der Waals surface area (Å²) in [6.07, 6.45) is -4.65. The van der Waals surface area contributed by atoms with Crippen LogP contribution >= 0.6 is 0 Å². The van der Waals surface area contributed by atoms with Crippen molar-refractivity contribution in [3.05, 3.63) is 29.6 Å². The van der Waals surface area contributed by atoms with Gasteiger partial charge in [-0.2, -0.15) is 22.0 Å². The minimum absolute atomic E-state index is 0.309. The fourth-order valence-electron chi connectivity index (χ4n) is 1.47. The molecule has 1 aromatic rings. The maximum absolute atomic E-state index is 12.6. The molecule has 0 amide bonds. The molecule has 8 heteroatoms. The molecule has 3 nitrogen and oxygen atoms in total. The molecule has 0 aliphatic rings. The lowest BCUT2D eigenvalue weighted by molar-refractivity contribution is -0.297. The lowest BCUT2D eigenvalue weighted by atomic mass is 10.3. The van der Waals surface area contributed by atoms with E-state index in [1.165, 1.54) is 6.07 Å². The third-order valence-corrected chi connectivity index (χ3v) is 2.55. The van der Waals surface area contributed by atoms with Gasteiger partial charge >= 0.3 is 12.1 Å². The Morgan fingerprint density at radius 3 is 2.43 bits per heavy atom. The molecule has 0 saturated carbocycles. The van der Waals surface area contributed by atoms with Crippen molar-refractivity contribution in [2.45, 2.75) is 38.6 Å². The summed E-state index contributed by atoms with van der Waals surface area (Å²) in [5.41, 5.74) is 0.982. The summed E-state index contributed by atoms with van der Waals surface area (Å²) in [5.74, 6) is -4.85. The Labute approximate surface area is 119 Å². The molecule has 0 aliphatic carbocycles. The van der Waals surface area contributed by atoms with E-state index in [4.69, 9.17) is 0 Å². The van der Waals surface area contributed by atoms with Crippen LogP contribution in [0.3, 0.4) is 0 Å². The minimum atomic E-state index is -5.60. The van der Waals surface area contributed by atoms with Crippen molar-refractivity contribution in [2.24, 2.45) is 0 Å². The second-order valence-corrected chi connectivity index (χ2v) is 4.49. The van der Waals surface area contributed by atoms with E-state index in [-0.39, 0.29) is 0 Å². The van der Waals surface area contributed by atoms with Crippen LogP contribution in [-0.2, 0) is 17.9 Å². The van der Waals surface area contributed by atoms with Gasteiger partial charge in [-0.1, -0.05) is 13.0 Å². The number of halogens is 5. The maximum atomic E-state index is 12.6. The number of hydrogen-bond donors (Lipinski definition) is 1. The highest BCUT2D eigenvalue weighted by atomic mass is 19.4. The molecule has 0 aromatic carbocycles. The molecule has 120 valence electrons. The highest BCUT2D eigenvalue weighted by Gasteiger charge is 2.57. The average Bonchev–Trinajstić information content (AvgIpc) is 2.38. The fourth-order valence-corrected chi connectivity index (χ4v) is 1.47. The Bertz CT molecular complexity index is 437. The average molecular weight is 312 g/mol. The molecule has 0 bridgehead atoms. The maximum Gasteiger partial charge on any atom is 0.455 e. The Balaban J connectivity index is 2.47. The third kappa shape index (κ3) is 5.92. The van der Waals surface area contributed by atoms with Crippen molar-refractivity contribution in [3.8, 4) is 0 Å². The van der Waals surface area contributed by atoms with Crippen LogP contribution in [0.1, 0.15) is 24.7 Å². The first kappa shape index (κ1) is 17.8. The van der Waals surface area contributed by atoms with Crippen LogP contribution in [0.2, 0.25) is 0 Å². The zero-order valence-corrected chi connectivity index (χ0v) is 11.5. The molecule has 1 N–H and O–H groups in total. The summed E-state index contributed by atoms with van der Waals surface area (Å²) in [4.78, 5) is 4.11. The second-order valence-electron chi connectivity index (χ2n) is 4.49. The number of hydrogen-bond acceptors (Lipinski definition) is 3. The van der Waals surface area contributed by atoms with Crippen molar-refractivity contribution in [1.82, 2.24) is 10.3 Å². The van der Waals surface area contributed by atoms with E-state index in [0.29, 0.717) is 17.9 Å². The monoisotopic (exact) mass is 312 g/mol. The lowest BCUT2D eigenvalue weighted by Crippen LogP contribution is -2.40. The molecule has 0 atom stereocenters. The molecular weight excluding hydrogens is 295 g/mol. The van der Waals surface area contributed by atoms with Crippen LogP contribution < -0.4 is 5.32 Å². The van der Waals surface area contributed by atoms with Gasteiger partial charge in [0.25, 0.3) is 0 Å². The molecule has 1 heterocycles. The number of alkyl halides is 5. The Kier molecular flexibility index (Phi) is 6.47. The molecular formula is C13H17F5N2O. The summed E-state index contributed by atoms with van der Waals surface area (Å²) in [7, 11) is 0. The smallest absolute Gasteiger partial charge is 0.369 e. The van der Waals surface area contributed by atoms with Gasteiger partial charge in [-0.05, 0) is 25.1 Å². The van der Waals surface area contributed by atoms with E-state index < -0.39 is 25.3 Å². The molecule has 0 aliphatic heterocycles. The van der Waals surface area contributed by atoms with Gasteiger partial charge < -0.3 is 10.1 Å². The van der Waals surface area contributed by atoms with Crippen LogP contribution in [0.25, 0.3) is 0 Å². The quantitative estimate of drug-likeness (QED) is 0.591.